The summed E-state index contributed by atoms with van der Waals surface area (Å²) in [7, 11) is 0. The van der Waals surface area contributed by atoms with Crippen LogP contribution in [0, 0.1) is 11.8 Å². The Morgan fingerprint density at radius 1 is 1.31 bits per heavy atom. The molecule has 3 heteroatoms. The summed E-state index contributed by atoms with van der Waals surface area (Å²) >= 11 is 0. The van der Waals surface area contributed by atoms with E-state index in [0.717, 1.165) is 18.5 Å². The van der Waals surface area contributed by atoms with E-state index < -0.39 is 0 Å². The molecule has 1 N–H and O–H groups in total. The Balaban J connectivity index is 4.17. The summed E-state index contributed by atoms with van der Waals surface area (Å²) in [4.78, 5) is 20.5. The number of aliphatic hydroxyl groups excluding tert-OH is 1. The van der Waals surface area contributed by atoms with Crippen molar-refractivity contribution in [1.82, 2.24) is 0 Å². The maximum absolute atomic E-state index is 10.3. The maximum atomic E-state index is 10.3. The van der Waals surface area contributed by atoms with Gasteiger partial charge in [0.05, 0.1) is 0 Å². The van der Waals surface area contributed by atoms with Gasteiger partial charge in [0.15, 0.2) is 0 Å². The van der Waals surface area contributed by atoms with Crippen molar-refractivity contribution in [1.29, 1.82) is 0 Å². The minimum atomic E-state index is -0.104. The molecule has 0 aromatic heterocycles. The molecule has 0 aromatic carbocycles. The largest absolute Gasteiger partial charge is 0.396 e. The molecule has 73 valence electrons. The van der Waals surface area contributed by atoms with Crippen molar-refractivity contribution < 1.29 is 14.7 Å². The van der Waals surface area contributed by atoms with Crippen LogP contribution in [0.5, 0.6) is 0 Å². The molecule has 0 aliphatic carbocycles. The van der Waals surface area contributed by atoms with Gasteiger partial charge in [-0.3, -0.25) is 0 Å². The van der Waals surface area contributed by atoms with Crippen LogP contribution in [0.4, 0.5) is 0 Å². The zero-order chi connectivity index (χ0) is 10.1. The van der Waals surface area contributed by atoms with Crippen molar-refractivity contribution in [3.05, 3.63) is 18.6 Å². The lowest BCUT2D eigenvalue weighted by Gasteiger charge is -2.19. The van der Waals surface area contributed by atoms with Crippen molar-refractivity contribution in [2.45, 2.75) is 19.3 Å². The molecule has 3 nitrogen and oxygen atoms in total. The standard InChI is InChI=1S/C10H15O3/c1-2-3-10(8-13)9(4-6-11)5-7-12/h2,6-7,10,13H,1,3-5,8H2. The average Bonchev–Trinajstić information content (AvgIpc) is 2.14. The lowest BCUT2D eigenvalue weighted by Crippen LogP contribution is -2.17. The van der Waals surface area contributed by atoms with E-state index >= 15 is 0 Å². The Bertz CT molecular complexity index is 156. The van der Waals surface area contributed by atoms with Gasteiger partial charge in [-0.25, -0.2) is 0 Å². The zero-order valence-corrected chi connectivity index (χ0v) is 7.61. The SMILES string of the molecule is C=CCC(CO)[C](CC=O)CC=O. The Kier molecular flexibility index (Phi) is 7.11. The lowest BCUT2D eigenvalue weighted by atomic mass is 9.86. The molecule has 13 heavy (non-hydrogen) atoms. The zero-order valence-electron chi connectivity index (χ0n) is 7.61. The highest BCUT2D eigenvalue weighted by Crippen LogP contribution is 2.23. The van der Waals surface area contributed by atoms with E-state index in [-0.39, 0.29) is 25.4 Å². The molecule has 0 saturated carbocycles. The molecule has 0 fully saturated rings. The second-order valence-corrected chi connectivity index (χ2v) is 2.80. The van der Waals surface area contributed by atoms with Crippen LogP contribution in [0.1, 0.15) is 19.3 Å². The smallest absolute Gasteiger partial charge is 0.120 e. The van der Waals surface area contributed by atoms with Gasteiger partial charge in [0.2, 0.25) is 0 Å². The summed E-state index contributed by atoms with van der Waals surface area (Å²) in [5.41, 5.74) is 0. The van der Waals surface area contributed by atoms with Crippen LogP contribution in [-0.2, 0) is 9.59 Å². The van der Waals surface area contributed by atoms with Gasteiger partial charge in [-0.2, -0.15) is 0 Å². The molecule has 1 radical (unpaired) electrons. The number of aliphatic hydroxyl groups is 1. The normalized spacial score (nSPS) is 12.5. The van der Waals surface area contributed by atoms with Gasteiger partial charge in [0.25, 0.3) is 0 Å². The van der Waals surface area contributed by atoms with E-state index in [0.29, 0.717) is 6.42 Å². The van der Waals surface area contributed by atoms with Crippen LogP contribution in [0.2, 0.25) is 0 Å². The van der Waals surface area contributed by atoms with Gasteiger partial charge in [-0.15, -0.1) is 6.58 Å². The Labute approximate surface area is 78.5 Å². The van der Waals surface area contributed by atoms with E-state index in [9.17, 15) is 9.59 Å². The number of carbonyl (C=O) groups is 2. The van der Waals surface area contributed by atoms with Crippen LogP contribution in [0.15, 0.2) is 12.7 Å². The van der Waals surface area contributed by atoms with E-state index in [1.165, 1.54) is 0 Å². The number of hydrogen-bond donors (Lipinski definition) is 1. The van der Waals surface area contributed by atoms with E-state index in [2.05, 4.69) is 6.58 Å². The van der Waals surface area contributed by atoms with Crippen molar-refractivity contribution in [2.75, 3.05) is 6.61 Å². The first kappa shape index (κ1) is 12.0. The second-order valence-electron chi connectivity index (χ2n) is 2.80. The first-order valence-electron chi connectivity index (χ1n) is 4.23. The van der Waals surface area contributed by atoms with E-state index in [4.69, 9.17) is 5.11 Å². The van der Waals surface area contributed by atoms with Gasteiger partial charge in [0.1, 0.15) is 12.6 Å². The molecular weight excluding hydrogens is 168 g/mol. The Morgan fingerprint density at radius 2 is 1.85 bits per heavy atom. The summed E-state index contributed by atoms with van der Waals surface area (Å²) in [5.74, 6) is 0.681. The van der Waals surface area contributed by atoms with Crippen molar-refractivity contribution >= 4 is 12.6 Å². The van der Waals surface area contributed by atoms with Crippen LogP contribution in [-0.4, -0.2) is 24.3 Å². The maximum Gasteiger partial charge on any atom is 0.120 e. The minimum absolute atomic E-state index is 0.0387. The highest BCUT2D eigenvalue weighted by atomic mass is 16.3. The molecule has 1 atom stereocenters. The fourth-order valence-corrected chi connectivity index (χ4v) is 1.20. The summed E-state index contributed by atoms with van der Waals surface area (Å²) in [5, 5.41) is 8.98. The number of carbonyl (C=O) groups excluding carboxylic acids is 2. The Morgan fingerprint density at radius 3 is 2.15 bits per heavy atom. The molecule has 1 unspecified atom stereocenters. The van der Waals surface area contributed by atoms with Crippen molar-refractivity contribution in [3.8, 4) is 0 Å². The molecule has 0 aliphatic rings. The third kappa shape index (κ3) is 4.58. The lowest BCUT2D eigenvalue weighted by molar-refractivity contribution is -0.108. The molecule has 0 amide bonds. The topological polar surface area (TPSA) is 54.4 Å². The van der Waals surface area contributed by atoms with Crippen molar-refractivity contribution in [3.63, 3.8) is 0 Å². The number of aldehydes is 2. The third-order valence-electron chi connectivity index (χ3n) is 1.94. The van der Waals surface area contributed by atoms with Gasteiger partial charge < -0.3 is 14.7 Å². The van der Waals surface area contributed by atoms with Gasteiger partial charge in [0, 0.05) is 19.4 Å². The molecule has 0 aliphatic heterocycles. The van der Waals surface area contributed by atoms with Crippen LogP contribution in [0.25, 0.3) is 0 Å². The van der Waals surface area contributed by atoms with Crippen LogP contribution >= 0.6 is 0 Å². The summed E-state index contributed by atoms with van der Waals surface area (Å²) < 4.78 is 0. The monoisotopic (exact) mass is 183 g/mol. The molecule has 0 heterocycles. The summed E-state index contributed by atoms with van der Waals surface area (Å²) in [6.45, 7) is 3.51. The van der Waals surface area contributed by atoms with Crippen LogP contribution < -0.4 is 0 Å². The molecule has 0 aromatic rings. The van der Waals surface area contributed by atoms with Gasteiger partial charge >= 0.3 is 0 Å². The fourth-order valence-electron chi connectivity index (χ4n) is 1.20. The fraction of sp³-hybridized carbons (Fsp3) is 0.500. The highest BCUT2D eigenvalue weighted by Gasteiger charge is 2.19. The summed E-state index contributed by atoms with van der Waals surface area (Å²) in [6.07, 6.45) is 4.29. The minimum Gasteiger partial charge on any atom is -0.396 e. The van der Waals surface area contributed by atoms with E-state index in [1.807, 2.05) is 0 Å². The predicted octanol–water partition coefficient (Wildman–Crippen LogP) is 0.923. The average molecular weight is 183 g/mol. The Hall–Kier alpha value is -0.960. The van der Waals surface area contributed by atoms with Crippen molar-refractivity contribution in [2.24, 2.45) is 5.92 Å². The molecule has 0 saturated heterocycles. The number of hydrogen-bond acceptors (Lipinski definition) is 3. The predicted molar refractivity (Wildman–Crippen MR) is 50.0 cm³/mol. The van der Waals surface area contributed by atoms with Gasteiger partial charge in [-0.05, 0) is 18.3 Å². The quantitative estimate of drug-likeness (QED) is 0.450. The highest BCUT2D eigenvalue weighted by molar-refractivity contribution is 5.59. The summed E-state index contributed by atoms with van der Waals surface area (Å²) in [6, 6.07) is 0. The molecule has 0 bridgehead atoms. The molecule has 0 rings (SSSR count). The number of rotatable bonds is 8. The van der Waals surface area contributed by atoms with Gasteiger partial charge in [-0.1, -0.05) is 6.08 Å². The molecular formula is C10H15O3. The first-order chi connectivity index (χ1) is 6.29. The third-order valence-corrected chi connectivity index (χ3v) is 1.94. The first-order valence-corrected chi connectivity index (χ1v) is 4.23. The molecule has 0 spiro atoms. The second kappa shape index (κ2) is 7.68. The van der Waals surface area contributed by atoms with Crippen LogP contribution in [0.3, 0.4) is 0 Å². The van der Waals surface area contributed by atoms with E-state index in [1.54, 1.807) is 6.08 Å². The number of allylic oxidation sites excluding steroid dienone is 1.